The Morgan fingerprint density at radius 1 is 1.09 bits per heavy atom. The Morgan fingerprint density at radius 2 is 1.91 bits per heavy atom. The minimum Gasteiger partial charge on any atom is -0.464 e. The number of rotatable bonds is 2. The van der Waals surface area contributed by atoms with Gasteiger partial charge in [0.25, 0.3) is 0 Å². The molecule has 0 bridgehead atoms. The summed E-state index contributed by atoms with van der Waals surface area (Å²) in [6.07, 6.45) is 5.98. The number of pyridine rings is 1. The first-order valence-electron chi connectivity index (χ1n) is 7.16. The highest BCUT2D eigenvalue weighted by molar-refractivity contribution is 6.09. The molecule has 0 radical (unpaired) electrons. The molecule has 1 aliphatic rings. The molecule has 1 aromatic carbocycles. The molecule has 0 amide bonds. The highest BCUT2D eigenvalue weighted by atomic mass is 16.4. The number of aromatic nitrogens is 1. The van der Waals surface area contributed by atoms with Gasteiger partial charge in [-0.1, -0.05) is 29.4 Å². The predicted molar refractivity (Wildman–Crippen MR) is 83.1 cm³/mol. The molecule has 1 atom stereocenters. The number of hydrogen-bond acceptors (Lipinski definition) is 4. The van der Waals surface area contributed by atoms with Gasteiger partial charge in [-0.2, -0.15) is 0 Å². The van der Waals surface area contributed by atoms with Crippen molar-refractivity contribution in [2.75, 3.05) is 0 Å². The molecule has 1 aliphatic carbocycles. The van der Waals surface area contributed by atoms with E-state index < -0.39 is 0 Å². The molecule has 2 aromatic heterocycles. The van der Waals surface area contributed by atoms with Crippen molar-refractivity contribution in [2.45, 2.75) is 12.3 Å². The second-order valence-corrected chi connectivity index (χ2v) is 5.34. The molecule has 108 valence electrons. The van der Waals surface area contributed by atoms with Gasteiger partial charge in [0.05, 0.1) is 12.0 Å². The fourth-order valence-corrected chi connectivity index (χ4v) is 3.16. The van der Waals surface area contributed by atoms with Gasteiger partial charge in [0.1, 0.15) is 5.76 Å². The maximum absolute atomic E-state index is 9.49. The lowest BCUT2D eigenvalue weighted by Gasteiger charge is -2.10. The average molecular weight is 290 g/mol. The van der Waals surface area contributed by atoms with E-state index in [-0.39, 0.29) is 5.92 Å². The lowest BCUT2D eigenvalue weighted by Crippen LogP contribution is -2.08. The van der Waals surface area contributed by atoms with Crippen LogP contribution in [0.15, 0.2) is 70.7 Å². The van der Waals surface area contributed by atoms with E-state index in [4.69, 9.17) is 4.42 Å². The van der Waals surface area contributed by atoms with Crippen LogP contribution in [0.4, 0.5) is 0 Å². The summed E-state index contributed by atoms with van der Waals surface area (Å²) >= 11 is 0. The van der Waals surface area contributed by atoms with Crippen molar-refractivity contribution < 1.29 is 9.62 Å². The van der Waals surface area contributed by atoms with Crippen LogP contribution >= 0.6 is 0 Å². The van der Waals surface area contributed by atoms with Crippen LogP contribution in [0.2, 0.25) is 0 Å². The van der Waals surface area contributed by atoms with Gasteiger partial charge in [0.2, 0.25) is 0 Å². The van der Waals surface area contributed by atoms with E-state index in [1.165, 1.54) is 5.56 Å². The van der Waals surface area contributed by atoms with Gasteiger partial charge in [0.15, 0.2) is 0 Å². The third kappa shape index (κ3) is 1.92. The van der Waals surface area contributed by atoms with E-state index >= 15 is 0 Å². The van der Waals surface area contributed by atoms with E-state index in [9.17, 15) is 5.21 Å². The molecule has 1 N–H and O–H groups in total. The first-order chi connectivity index (χ1) is 10.9. The average Bonchev–Trinajstić information content (AvgIpc) is 3.19. The van der Waals surface area contributed by atoms with Crippen LogP contribution in [0.5, 0.6) is 0 Å². The molecule has 3 aromatic rings. The first-order valence-corrected chi connectivity index (χ1v) is 7.16. The molecular formula is C18H14N2O2. The van der Waals surface area contributed by atoms with Crippen LogP contribution in [0.1, 0.15) is 22.6 Å². The Hall–Kier alpha value is -2.88. The van der Waals surface area contributed by atoms with Gasteiger partial charge < -0.3 is 9.62 Å². The summed E-state index contributed by atoms with van der Waals surface area (Å²) in [5.74, 6) is 0.811. The number of fused-ring (bicyclic) bond motifs is 1. The highest BCUT2D eigenvalue weighted by Gasteiger charge is 2.32. The zero-order chi connectivity index (χ0) is 14.9. The topological polar surface area (TPSA) is 58.6 Å². The van der Waals surface area contributed by atoms with Crippen LogP contribution in [-0.2, 0) is 6.42 Å². The van der Waals surface area contributed by atoms with Crippen LogP contribution in [0.3, 0.4) is 0 Å². The van der Waals surface area contributed by atoms with Crippen LogP contribution < -0.4 is 0 Å². The Morgan fingerprint density at radius 3 is 2.73 bits per heavy atom. The van der Waals surface area contributed by atoms with Gasteiger partial charge >= 0.3 is 0 Å². The molecule has 4 rings (SSSR count). The van der Waals surface area contributed by atoms with Gasteiger partial charge in [-0.3, -0.25) is 4.98 Å². The SMILES string of the molecule is O/N=C1\c2ccccc2CC1c1ccoc1-c1ccncc1. The van der Waals surface area contributed by atoms with Crippen molar-refractivity contribution in [3.63, 3.8) is 0 Å². The zero-order valence-corrected chi connectivity index (χ0v) is 11.8. The Bertz CT molecular complexity index is 837. The van der Waals surface area contributed by atoms with Crippen molar-refractivity contribution in [3.8, 4) is 11.3 Å². The monoisotopic (exact) mass is 290 g/mol. The maximum atomic E-state index is 9.49. The molecule has 0 saturated carbocycles. The van der Waals surface area contributed by atoms with E-state index in [1.54, 1.807) is 18.7 Å². The second kappa shape index (κ2) is 5.15. The summed E-state index contributed by atoms with van der Waals surface area (Å²) < 4.78 is 5.69. The van der Waals surface area contributed by atoms with E-state index in [0.29, 0.717) is 5.71 Å². The molecule has 4 nitrogen and oxygen atoms in total. The van der Waals surface area contributed by atoms with E-state index in [0.717, 1.165) is 28.9 Å². The zero-order valence-electron chi connectivity index (χ0n) is 11.8. The maximum Gasteiger partial charge on any atom is 0.137 e. The Balaban J connectivity index is 1.81. The van der Waals surface area contributed by atoms with Gasteiger partial charge in [-0.05, 0) is 30.2 Å². The molecule has 4 heteroatoms. The molecule has 0 fully saturated rings. The number of benzene rings is 1. The standard InChI is InChI=1S/C18H14N2O2/c21-20-17-14-4-2-1-3-13(14)11-16(17)15-7-10-22-18(15)12-5-8-19-9-6-12/h1-10,16,21H,11H2/b20-17+. The van der Waals surface area contributed by atoms with Crippen molar-refractivity contribution in [3.05, 3.63) is 77.8 Å². The lowest BCUT2D eigenvalue weighted by molar-refractivity contribution is 0.317. The van der Waals surface area contributed by atoms with Gasteiger partial charge in [-0.15, -0.1) is 0 Å². The summed E-state index contributed by atoms with van der Waals surface area (Å²) in [6.45, 7) is 0. The third-order valence-corrected chi connectivity index (χ3v) is 4.17. The fraction of sp³-hybridized carbons (Fsp3) is 0.111. The molecule has 2 heterocycles. The molecule has 22 heavy (non-hydrogen) atoms. The smallest absolute Gasteiger partial charge is 0.137 e. The van der Waals surface area contributed by atoms with Gasteiger partial charge in [-0.25, -0.2) is 0 Å². The molecule has 0 aliphatic heterocycles. The van der Waals surface area contributed by atoms with Crippen molar-refractivity contribution >= 4 is 5.71 Å². The summed E-state index contributed by atoms with van der Waals surface area (Å²) in [7, 11) is 0. The normalized spacial score (nSPS) is 18.5. The molecule has 1 unspecified atom stereocenters. The summed E-state index contributed by atoms with van der Waals surface area (Å²) in [6, 6.07) is 13.8. The van der Waals surface area contributed by atoms with Crippen LogP contribution in [0, 0.1) is 0 Å². The number of oxime groups is 1. The summed E-state index contributed by atoms with van der Waals surface area (Å²) in [5, 5.41) is 13.1. The van der Waals surface area contributed by atoms with Crippen molar-refractivity contribution in [1.82, 2.24) is 4.98 Å². The highest BCUT2D eigenvalue weighted by Crippen LogP contribution is 2.39. The van der Waals surface area contributed by atoms with Crippen molar-refractivity contribution in [2.24, 2.45) is 5.16 Å². The second-order valence-electron chi connectivity index (χ2n) is 5.34. The number of nitrogens with zero attached hydrogens (tertiary/aromatic N) is 2. The largest absolute Gasteiger partial charge is 0.464 e. The summed E-state index contributed by atoms with van der Waals surface area (Å²) in [4.78, 5) is 4.04. The molecular weight excluding hydrogens is 276 g/mol. The van der Waals surface area contributed by atoms with Crippen LogP contribution in [0.25, 0.3) is 11.3 Å². The lowest BCUT2D eigenvalue weighted by atomic mass is 9.93. The fourth-order valence-electron chi connectivity index (χ4n) is 3.16. The number of furan rings is 1. The Labute approximate surface area is 127 Å². The minimum absolute atomic E-state index is 0.00400. The van der Waals surface area contributed by atoms with Gasteiger partial charge in [0, 0.05) is 35.0 Å². The summed E-state index contributed by atoms with van der Waals surface area (Å²) in [5.41, 5.74) is 4.92. The number of hydrogen-bond donors (Lipinski definition) is 1. The quantitative estimate of drug-likeness (QED) is 0.576. The van der Waals surface area contributed by atoms with E-state index in [1.807, 2.05) is 36.4 Å². The predicted octanol–water partition coefficient (Wildman–Crippen LogP) is 3.86. The van der Waals surface area contributed by atoms with E-state index in [2.05, 4.69) is 16.2 Å². The Kier molecular flexibility index (Phi) is 3.00. The first kappa shape index (κ1) is 12.8. The molecule has 0 saturated heterocycles. The third-order valence-electron chi connectivity index (χ3n) is 4.17. The van der Waals surface area contributed by atoms with Crippen LogP contribution in [-0.4, -0.2) is 15.9 Å². The minimum atomic E-state index is 0.00400. The molecule has 0 spiro atoms. The van der Waals surface area contributed by atoms with Crippen molar-refractivity contribution in [1.29, 1.82) is 0 Å².